The number of rotatable bonds is 41. The largest absolute Gasteiger partial charge is 0.480 e. The van der Waals surface area contributed by atoms with E-state index >= 15 is 0 Å². The van der Waals surface area contributed by atoms with Gasteiger partial charge < -0.3 is 25.2 Å². The SMILES string of the molecule is CCCCC/C=C\C/C=C\C/C=C\C/C=C\CCCCCC(=O)OC[C@H](COP(=O)(O)OC[C@H](N)C(=O)O)OC(=O)CCCCCCC/C=C\CCCCCCCC. The number of allylic oxidation sites excluding steroid dienone is 10. The first kappa shape index (κ1) is 55.2. The van der Waals surface area contributed by atoms with Gasteiger partial charge in [0.15, 0.2) is 6.10 Å². The van der Waals surface area contributed by atoms with Crippen molar-refractivity contribution in [2.75, 3.05) is 19.8 Å². The van der Waals surface area contributed by atoms with E-state index in [9.17, 15) is 23.8 Å². The molecule has 4 N–H and O–H groups in total. The summed E-state index contributed by atoms with van der Waals surface area (Å²) in [5.41, 5.74) is 5.33. The second kappa shape index (κ2) is 40.9. The number of ether oxygens (including phenoxy) is 2. The number of nitrogens with two attached hydrogens (primary N) is 1. The van der Waals surface area contributed by atoms with E-state index in [0.29, 0.717) is 12.8 Å². The molecule has 0 saturated heterocycles. The molecule has 58 heavy (non-hydrogen) atoms. The van der Waals surface area contributed by atoms with Gasteiger partial charge in [0.25, 0.3) is 0 Å². The number of phosphoric acid groups is 1. The normalized spacial score (nSPS) is 14.3. The minimum Gasteiger partial charge on any atom is -0.480 e. The summed E-state index contributed by atoms with van der Waals surface area (Å²) >= 11 is 0. The Bertz CT molecular complexity index is 1210. The van der Waals surface area contributed by atoms with Crippen LogP contribution in [-0.4, -0.2) is 59.9 Å². The zero-order valence-electron chi connectivity index (χ0n) is 36.1. The Kier molecular flexibility index (Phi) is 38.9. The molecule has 0 aliphatic carbocycles. The van der Waals surface area contributed by atoms with E-state index in [0.717, 1.165) is 77.0 Å². The van der Waals surface area contributed by atoms with Gasteiger partial charge in [-0.15, -0.1) is 0 Å². The van der Waals surface area contributed by atoms with Crippen molar-refractivity contribution in [3.05, 3.63) is 60.8 Å². The van der Waals surface area contributed by atoms with Crippen LogP contribution in [0, 0.1) is 0 Å². The third kappa shape index (κ3) is 40.0. The van der Waals surface area contributed by atoms with Crippen LogP contribution in [0.3, 0.4) is 0 Å². The maximum Gasteiger partial charge on any atom is 0.472 e. The van der Waals surface area contributed by atoms with E-state index in [1.165, 1.54) is 64.2 Å². The summed E-state index contributed by atoms with van der Waals surface area (Å²) in [7, 11) is -4.73. The van der Waals surface area contributed by atoms with Crippen molar-refractivity contribution >= 4 is 25.7 Å². The number of carboxylic acid groups (broad SMARTS) is 1. The number of esters is 2. The molecular weight excluding hydrogens is 757 g/mol. The smallest absolute Gasteiger partial charge is 0.472 e. The lowest BCUT2D eigenvalue weighted by molar-refractivity contribution is -0.161. The van der Waals surface area contributed by atoms with Crippen LogP contribution in [0.1, 0.15) is 181 Å². The van der Waals surface area contributed by atoms with Gasteiger partial charge in [0, 0.05) is 12.8 Å². The Morgan fingerprint density at radius 2 is 0.914 bits per heavy atom. The number of phosphoric ester groups is 1. The molecule has 0 saturated carbocycles. The summed E-state index contributed by atoms with van der Waals surface area (Å²) < 4.78 is 32.7. The van der Waals surface area contributed by atoms with Crippen LogP contribution in [0.5, 0.6) is 0 Å². The molecule has 0 bridgehead atoms. The molecule has 0 aromatic rings. The van der Waals surface area contributed by atoms with E-state index in [1.807, 2.05) is 0 Å². The molecule has 1 unspecified atom stereocenters. The average Bonchev–Trinajstić information content (AvgIpc) is 3.20. The predicted octanol–water partition coefficient (Wildman–Crippen LogP) is 12.0. The lowest BCUT2D eigenvalue weighted by atomic mass is 10.1. The maximum atomic E-state index is 12.6. The molecule has 0 spiro atoms. The highest BCUT2D eigenvalue weighted by molar-refractivity contribution is 7.47. The van der Waals surface area contributed by atoms with Gasteiger partial charge >= 0.3 is 25.7 Å². The number of hydrogen-bond donors (Lipinski definition) is 3. The van der Waals surface area contributed by atoms with Crippen molar-refractivity contribution in [2.45, 2.75) is 193 Å². The van der Waals surface area contributed by atoms with Crippen LogP contribution in [0.4, 0.5) is 0 Å². The first-order chi connectivity index (χ1) is 28.1. The molecule has 11 nitrogen and oxygen atoms in total. The minimum absolute atomic E-state index is 0.142. The summed E-state index contributed by atoms with van der Waals surface area (Å²) in [6.45, 7) is 2.72. The first-order valence-electron chi connectivity index (χ1n) is 22.3. The molecule has 334 valence electrons. The molecule has 0 aromatic heterocycles. The molecule has 3 atom stereocenters. The van der Waals surface area contributed by atoms with Crippen LogP contribution in [0.2, 0.25) is 0 Å². The van der Waals surface area contributed by atoms with Crippen LogP contribution in [-0.2, 0) is 37.5 Å². The van der Waals surface area contributed by atoms with Crippen molar-refractivity contribution in [1.82, 2.24) is 0 Å². The Hall–Kier alpha value is -2.82. The predicted molar refractivity (Wildman–Crippen MR) is 235 cm³/mol. The van der Waals surface area contributed by atoms with Gasteiger partial charge in [-0.05, 0) is 83.5 Å². The standard InChI is InChI=1S/C46H80NO10P/c1-3-5-7-9-11-13-15-17-19-20-21-22-24-25-27-29-31-33-35-37-44(48)54-39-42(40-55-58(52,53)56-41-43(47)46(50)51)57-45(49)38-36-34-32-30-28-26-23-18-16-14-12-10-8-6-4-2/h11,13,17-19,21-23,25,27,42-43H,3-10,12,14-16,20,24,26,28-41,47H2,1-2H3,(H,50,51)(H,52,53)/b13-11-,19-17-,22-21-,23-18-,27-25-/t42-,43+/m1/s1. The first-order valence-corrected chi connectivity index (χ1v) is 23.8. The highest BCUT2D eigenvalue weighted by Gasteiger charge is 2.28. The van der Waals surface area contributed by atoms with Gasteiger partial charge in [-0.25, -0.2) is 4.57 Å². The molecule has 0 aliphatic heterocycles. The van der Waals surface area contributed by atoms with Gasteiger partial charge in [0.1, 0.15) is 12.6 Å². The molecule has 0 radical (unpaired) electrons. The molecule has 0 aromatic carbocycles. The van der Waals surface area contributed by atoms with Crippen molar-refractivity contribution in [2.24, 2.45) is 5.73 Å². The maximum absolute atomic E-state index is 12.6. The summed E-state index contributed by atoms with van der Waals surface area (Å²) in [6, 6.07) is -1.53. The van der Waals surface area contributed by atoms with E-state index in [1.54, 1.807) is 0 Å². The van der Waals surface area contributed by atoms with Gasteiger partial charge in [0.05, 0.1) is 13.2 Å². The zero-order valence-corrected chi connectivity index (χ0v) is 37.0. The van der Waals surface area contributed by atoms with E-state index in [4.69, 9.17) is 24.8 Å². The second-order valence-electron chi connectivity index (χ2n) is 14.8. The number of hydrogen-bond acceptors (Lipinski definition) is 9. The number of carbonyl (C=O) groups is 3. The number of carbonyl (C=O) groups excluding carboxylic acids is 2. The van der Waals surface area contributed by atoms with E-state index in [2.05, 4.69) is 79.1 Å². The lowest BCUT2D eigenvalue weighted by Gasteiger charge is -2.20. The van der Waals surface area contributed by atoms with Crippen LogP contribution < -0.4 is 5.73 Å². The molecule has 12 heteroatoms. The van der Waals surface area contributed by atoms with E-state index < -0.39 is 51.1 Å². The van der Waals surface area contributed by atoms with Gasteiger partial charge in [-0.1, -0.05) is 145 Å². The highest BCUT2D eigenvalue weighted by atomic mass is 31.2. The van der Waals surface area contributed by atoms with Gasteiger partial charge in [0.2, 0.25) is 0 Å². The molecule has 0 amide bonds. The van der Waals surface area contributed by atoms with Crippen molar-refractivity contribution < 1.29 is 47.5 Å². The summed E-state index contributed by atoms with van der Waals surface area (Å²) in [4.78, 5) is 46.0. The van der Waals surface area contributed by atoms with Crippen molar-refractivity contribution in [1.29, 1.82) is 0 Å². The third-order valence-electron chi connectivity index (χ3n) is 9.24. The fraction of sp³-hybridized carbons (Fsp3) is 0.717. The second-order valence-corrected chi connectivity index (χ2v) is 16.3. The fourth-order valence-electron chi connectivity index (χ4n) is 5.69. The number of unbranched alkanes of at least 4 members (excludes halogenated alkanes) is 17. The van der Waals surface area contributed by atoms with Gasteiger partial charge in [-0.2, -0.15) is 0 Å². The summed E-state index contributed by atoms with van der Waals surface area (Å²) in [5, 5.41) is 8.89. The molecule has 0 heterocycles. The Morgan fingerprint density at radius 3 is 1.43 bits per heavy atom. The number of aliphatic carboxylic acids is 1. The highest BCUT2D eigenvalue weighted by Crippen LogP contribution is 2.43. The van der Waals surface area contributed by atoms with Crippen molar-refractivity contribution in [3.8, 4) is 0 Å². The van der Waals surface area contributed by atoms with Crippen LogP contribution >= 0.6 is 7.82 Å². The third-order valence-corrected chi connectivity index (χ3v) is 10.2. The summed E-state index contributed by atoms with van der Waals surface area (Å²) in [6.07, 6.45) is 47.1. The van der Waals surface area contributed by atoms with Crippen LogP contribution in [0.15, 0.2) is 60.8 Å². The molecule has 0 rings (SSSR count). The quantitative estimate of drug-likeness (QED) is 0.0231. The van der Waals surface area contributed by atoms with Crippen LogP contribution in [0.25, 0.3) is 0 Å². The summed E-state index contributed by atoms with van der Waals surface area (Å²) in [5.74, 6) is -2.43. The molecule has 0 fully saturated rings. The Labute approximate surface area is 351 Å². The minimum atomic E-state index is -4.73. The average molecular weight is 838 g/mol. The Balaban J connectivity index is 4.43. The zero-order chi connectivity index (χ0) is 42.8. The van der Waals surface area contributed by atoms with Gasteiger partial charge in [-0.3, -0.25) is 23.4 Å². The Morgan fingerprint density at radius 1 is 0.534 bits per heavy atom. The topological polar surface area (TPSA) is 172 Å². The molecule has 0 aliphatic rings. The number of carboxylic acids is 1. The fourth-order valence-corrected chi connectivity index (χ4v) is 6.47. The molecular formula is C46H80NO10P. The van der Waals surface area contributed by atoms with Crippen molar-refractivity contribution in [3.63, 3.8) is 0 Å². The lowest BCUT2D eigenvalue weighted by Crippen LogP contribution is -2.34. The monoisotopic (exact) mass is 838 g/mol. The van der Waals surface area contributed by atoms with E-state index in [-0.39, 0.29) is 19.4 Å².